The van der Waals surface area contributed by atoms with Gasteiger partial charge in [0.2, 0.25) is 0 Å². The Bertz CT molecular complexity index is 62.2. The summed E-state index contributed by atoms with van der Waals surface area (Å²) >= 11 is 0. The van der Waals surface area contributed by atoms with Gasteiger partial charge in [0.15, 0.2) is 0 Å². The second-order valence-corrected chi connectivity index (χ2v) is 1.54. The molecule has 7 heteroatoms. The Labute approximate surface area is 96.2 Å². The van der Waals surface area contributed by atoms with Gasteiger partial charge in [-0.25, -0.2) is 4.57 Å². The zero-order chi connectivity index (χ0) is 4.50. The molecule has 3 N–H and O–H groups in total. The number of phosphoric acid groups is 1. The molecule has 39 valence electrons. The van der Waals surface area contributed by atoms with Crippen molar-refractivity contribution < 1.29 is 72.1 Å². The van der Waals surface area contributed by atoms with E-state index in [0.717, 1.165) is 0 Å². The standard InChI is InChI=1S/As.K.H3O4P.H/c;;1-5(2,3)4;/h;;(H3,1,2,3,4);/q;+1;;-1. The number of hydrogen-bond acceptors (Lipinski definition) is 1. The third-order valence-corrected chi connectivity index (χ3v) is 0. The first-order chi connectivity index (χ1) is 2.00. The molecule has 0 unspecified atom stereocenters. The van der Waals surface area contributed by atoms with Crippen molar-refractivity contribution in [2.24, 2.45) is 0 Å². The molecule has 0 aromatic heterocycles. The molecule has 0 aliphatic carbocycles. The second kappa shape index (κ2) is 6.43. The van der Waals surface area contributed by atoms with Crippen molar-refractivity contribution >= 4 is 25.8 Å². The van der Waals surface area contributed by atoms with Gasteiger partial charge in [-0.15, -0.1) is 0 Å². The van der Waals surface area contributed by atoms with Crippen molar-refractivity contribution in [1.82, 2.24) is 0 Å². The van der Waals surface area contributed by atoms with Crippen molar-refractivity contribution in [2.45, 2.75) is 0 Å². The van der Waals surface area contributed by atoms with E-state index in [4.69, 9.17) is 19.2 Å². The minimum atomic E-state index is -4.64. The Morgan fingerprint density at radius 2 is 1.29 bits per heavy atom. The van der Waals surface area contributed by atoms with Gasteiger partial charge in [0, 0.05) is 18.0 Å². The molecule has 0 amide bonds. The molecule has 0 bridgehead atoms. The number of hydrogen-bond donors (Lipinski definition) is 3. The Morgan fingerprint density at radius 1 is 1.29 bits per heavy atom. The van der Waals surface area contributed by atoms with E-state index in [-0.39, 0.29) is 70.8 Å². The molecule has 0 fully saturated rings. The van der Waals surface area contributed by atoms with Crippen LogP contribution in [0.5, 0.6) is 0 Å². The molecule has 0 saturated heterocycles. The summed E-state index contributed by atoms with van der Waals surface area (Å²) in [5.74, 6) is 0. The Hall–Kier alpha value is 2.30. The van der Waals surface area contributed by atoms with Crippen LogP contribution in [0.15, 0.2) is 0 Å². The summed E-state index contributed by atoms with van der Waals surface area (Å²) in [5, 5.41) is 0. The smallest absolute Gasteiger partial charge is 1.00 e. The SMILES string of the molecule is O=P(O)(O)O.[As].[H-].[K+]. The minimum Gasteiger partial charge on any atom is -1.00 e. The minimum absolute atomic E-state index is 0. The maximum absolute atomic E-state index is 8.88. The van der Waals surface area contributed by atoms with Crippen LogP contribution in [0.3, 0.4) is 0 Å². The van der Waals surface area contributed by atoms with Crippen LogP contribution in [0.4, 0.5) is 0 Å². The molecule has 0 aromatic carbocycles. The van der Waals surface area contributed by atoms with Crippen molar-refractivity contribution in [1.29, 1.82) is 0 Å². The van der Waals surface area contributed by atoms with E-state index in [0.29, 0.717) is 0 Å². The van der Waals surface area contributed by atoms with Crippen molar-refractivity contribution in [3.63, 3.8) is 0 Å². The average molecular weight is 213 g/mol. The molecule has 0 heterocycles. The number of rotatable bonds is 0. The predicted octanol–water partition coefficient (Wildman–Crippen LogP) is -4.19. The van der Waals surface area contributed by atoms with Gasteiger partial charge in [0.1, 0.15) is 0 Å². The third kappa shape index (κ3) is 62.1. The Balaban J connectivity index is -0.0000000267. The van der Waals surface area contributed by atoms with Gasteiger partial charge in [0.25, 0.3) is 0 Å². The molecular formula is H4AsKO4P. The molecule has 0 spiro atoms. The predicted molar refractivity (Wildman–Crippen MR) is 21.1 cm³/mol. The monoisotopic (exact) mass is 213 g/mol. The van der Waals surface area contributed by atoms with E-state index in [9.17, 15) is 0 Å². The van der Waals surface area contributed by atoms with Crippen LogP contribution in [0.25, 0.3) is 0 Å². The molecular weight excluding hydrogens is 209 g/mol. The maximum atomic E-state index is 8.88. The van der Waals surface area contributed by atoms with Crippen LogP contribution in [-0.4, -0.2) is 32.6 Å². The maximum Gasteiger partial charge on any atom is 1.00 e. The average Bonchev–Trinajstić information content (AvgIpc) is 0.722. The van der Waals surface area contributed by atoms with E-state index >= 15 is 0 Å². The zero-order valence-corrected chi connectivity index (χ0v) is 9.54. The van der Waals surface area contributed by atoms with E-state index in [1.54, 1.807) is 0 Å². The van der Waals surface area contributed by atoms with Gasteiger partial charge in [-0.05, 0) is 0 Å². The zero-order valence-electron chi connectivity index (χ0n) is 4.64. The van der Waals surface area contributed by atoms with Crippen molar-refractivity contribution in [3.05, 3.63) is 0 Å². The summed E-state index contributed by atoms with van der Waals surface area (Å²) in [7, 11) is -4.64. The van der Waals surface area contributed by atoms with Gasteiger partial charge in [-0.1, -0.05) is 0 Å². The summed E-state index contributed by atoms with van der Waals surface area (Å²) in [6, 6.07) is 0. The van der Waals surface area contributed by atoms with Crippen LogP contribution in [0, 0.1) is 0 Å². The first kappa shape index (κ1) is 16.1. The van der Waals surface area contributed by atoms with Crippen LogP contribution >= 0.6 is 7.82 Å². The van der Waals surface area contributed by atoms with E-state index in [2.05, 4.69) is 0 Å². The van der Waals surface area contributed by atoms with E-state index in [1.165, 1.54) is 0 Å². The molecule has 0 aromatic rings. The van der Waals surface area contributed by atoms with Crippen LogP contribution in [0.1, 0.15) is 1.43 Å². The van der Waals surface area contributed by atoms with Gasteiger partial charge in [-0.2, -0.15) is 0 Å². The van der Waals surface area contributed by atoms with Crippen molar-refractivity contribution in [3.8, 4) is 0 Å². The summed E-state index contributed by atoms with van der Waals surface area (Å²) in [4.78, 5) is 21.6. The second-order valence-electron chi connectivity index (χ2n) is 0.513. The quantitative estimate of drug-likeness (QED) is 0.281. The molecule has 0 aliphatic rings. The first-order valence-corrected chi connectivity index (χ1v) is 2.35. The summed E-state index contributed by atoms with van der Waals surface area (Å²) in [6.07, 6.45) is 0. The molecule has 0 aliphatic heterocycles. The Morgan fingerprint density at radius 3 is 1.29 bits per heavy atom. The van der Waals surface area contributed by atoms with Gasteiger partial charge < -0.3 is 16.1 Å². The van der Waals surface area contributed by atoms with Gasteiger partial charge in [-0.3, -0.25) is 0 Å². The van der Waals surface area contributed by atoms with Crippen LogP contribution in [-0.2, 0) is 4.57 Å². The van der Waals surface area contributed by atoms with E-state index < -0.39 is 7.82 Å². The fraction of sp³-hybridized carbons (Fsp3) is 0. The largest absolute Gasteiger partial charge is 1.00 e. The molecule has 0 rings (SSSR count). The fourth-order valence-electron chi connectivity index (χ4n) is 0. The van der Waals surface area contributed by atoms with E-state index in [1.807, 2.05) is 0 Å². The third-order valence-electron chi connectivity index (χ3n) is 0. The fourth-order valence-corrected chi connectivity index (χ4v) is 0. The van der Waals surface area contributed by atoms with Gasteiger partial charge in [0.05, 0.1) is 0 Å². The topological polar surface area (TPSA) is 77.8 Å². The molecule has 4 nitrogen and oxygen atoms in total. The summed E-state index contributed by atoms with van der Waals surface area (Å²) in [5.41, 5.74) is 0. The summed E-state index contributed by atoms with van der Waals surface area (Å²) < 4.78 is 8.88. The first-order valence-electron chi connectivity index (χ1n) is 0.783. The van der Waals surface area contributed by atoms with Crippen LogP contribution < -0.4 is 51.4 Å². The molecule has 7 heavy (non-hydrogen) atoms. The summed E-state index contributed by atoms with van der Waals surface area (Å²) in [6.45, 7) is 0. The van der Waals surface area contributed by atoms with Crippen LogP contribution in [0.2, 0.25) is 0 Å². The molecule has 3 radical (unpaired) electrons. The normalized spacial score (nSPS) is 8.43. The van der Waals surface area contributed by atoms with Crippen molar-refractivity contribution in [2.75, 3.05) is 0 Å². The molecule has 0 atom stereocenters. The Kier molecular flexibility index (Phi) is 14.8. The molecule has 0 saturated carbocycles. The van der Waals surface area contributed by atoms with Gasteiger partial charge >= 0.3 is 59.2 Å².